The fourth-order valence-corrected chi connectivity index (χ4v) is 2.60. The Hall–Kier alpha value is -3.92. The van der Waals surface area contributed by atoms with E-state index < -0.39 is 0 Å². The molecule has 1 aromatic heterocycles. The van der Waals surface area contributed by atoms with E-state index in [4.69, 9.17) is 10.00 Å². The summed E-state index contributed by atoms with van der Waals surface area (Å²) in [5.41, 5.74) is 2.63. The SMILES string of the molecule is COc1ccccc1CCNC(=O)c1cnc(Nc2ccc(C#N)cc2)cn1. The number of ether oxygens (including phenoxy) is 1. The topological polar surface area (TPSA) is 99.9 Å². The van der Waals surface area contributed by atoms with Crippen LogP contribution in [0.5, 0.6) is 5.75 Å². The fourth-order valence-electron chi connectivity index (χ4n) is 2.60. The molecule has 1 heterocycles. The number of hydrogen-bond donors (Lipinski definition) is 2. The summed E-state index contributed by atoms with van der Waals surface area (Å²) < 4.78 is 5.30. The Morgan fingerprint density at radius 3 is 2.57 bits per heavy atom. The van der Waals surface area contributed by atoms with Crippen molar-refractivity contribution < 1.29 is 9.53 Å². The number of nitrogens with zero attached hydrogens (tertiary/aromatic N) is 3. The molecule has 0 radical (unpaired) electrons. The van der Waals surface area contributed by atoms with Crippen molar-refractivity contribution in [3.05, 3.63) is 77.7 Å². The fraction of sp³-hybridized carbons (Fsp3) is 0.143. The summed E-state index contributed by atoms with van der Waals surface area (Å²) in [6, 6.07) is 16.7. The van der Waals surface area contributed by atoms with Gasteiger partial charge in [-0.1, -0.05) is 18.2 Å². The highest BCUT2D eigenvalue weighted by Crippen LogP contribution is 2.17. The van der Waals surface area contributed by atoms with Gasteiger partial charge in [0.15, 0.2) is 0 Å². The lowest BCUT2D eigenvalue weighted by Crippen LogP contribution is -2.26. The minimum absolute atomic E-state index is 0.241. The van der Waals surface area contributed by atoms with Gasteiger partial charge in [-0.25, -0.2) is 9.97 Å². The lowest BCUT2D eigenvalue weighted by Gasteiger charge is -2.09. The number of hydrogen-bond acceptors (Lipinski definition) is 6. The molecule has 1 amide bonds. The molecular weight excluding hydrogens is 354 g/mol. The summed E-state index contributed by atoms with van der Waals surface area (Å²) in [6.45, 7) is 0.464. The van der Waals surface area contributed by atoms with Gasteiger partial charge in [-0.15, -0.1) is 0 Å². The van der Waals surface area contributed by atoms with E-state index in [2.05, 4.69) is 26.7 Å². The standard InChI is InChI=1S/C21H19N5O2/c1-28-19-5-3-2-4-16(19)10-11-23-21(27)18-13-25-20(14-24-18)26-17-8-6-15(12-22)7-9-17/h2-9,13-14H,10-11H2,1H3,(H,23,27)(H,25,26). The number of anilines is 2. The summed E-state index contributed by atoms with van der Waals surface area (Å²) in [4.78, 5) is 20.6. The van der Waals surface area contributed by atoms with Crippen LogP contribution in [0.4, 0.5) is 11.5 Å². The van der Waals surface area contributed by atoms with E-state index in [1.54, 1.807) is 31.4 Å². The van der Waals surface area contributed by atoms with Crippen LogP contribution >= 0.6 is 0 Å². The van der Waals surface area contributed by atoms with E-state index >= 15 is 0 Å². The van der Waals surface area contributed by atoms with Crippen molar-refractivity contribution in [3.8, 4) is 11.8 Å². The van der Waals surface area contributed by atoms with Gasteiger partial charge < -0.3 is 15.4 Å². The van der Waals surface area contributed by atoms with Gasteiger partial charge in [0.1, 0.15) is 17.3 Å². The summed E-state index contributed by atoms with van der Waals surface area (Å²) in [6.07, 6.45) is 3.57. The Bertz CT molecular complexity index is 979. The number of nitrogens with one attached hydrogen (secondary N) is 2. The molecule has 0 aliphatic carbocycles. The second-order valence-corrected chi connectivity index (χ2v) is 5.92. The maximum absolute atomic E-state index is 12.2. The highest BCUT2D eigenvalue weighted by molar-refractivity contribution is 5.92. The van der Waals surface area contributed by atoms with Gasteiger partial charge in [-0.3, -0.25) is 4.79 Å². The molecule has 7 heteroatoms. The molecule has 0 atom stereocenters. The van der Waals surface area contributed by atoms with Crippen molar-refractivity contribution in [2.75, 3.05) is 19.0 Å². The zero-order valence-electron chi connectivity index (χ0n) is 15.3. The number of carbonyl (C=O) groups is 1. The molecule has 0 aliphatic rings. The van der Waals surface area contributed by atoms with Crippen LogP contribution in [0.25, 0.3) is 0 Å². The number of aromatic nitrogens is 2. The van der Waals surface area contributed by atoms with Gasteiger partial charge in [0.05, 0.1) is 31.1 Å². The average Bonchev–Trinajstić information content (AvgIpc) is 2.75. The van der Waals surface area contributed by atoms with Crippen LogP contribution in [-0.4, -0.2) is 29.5 Å². The van der Waals surface area contributed by atoms with E-state index in [1.807, 2.05) is 24.3 Å². The first-order valence-electron chi connectivity index (χ1n) is 8.69. The number of rotatable bonds is 7. The van der Waals surface area contributed by atoms with Gasteiger partial charge in [0, 0.05) is 12.2 Å². The molecular formula is C21H19N5O2. The van der Waals surface area contributed by atoms with Crippen molar-refractivity contribution in [1.82, 2.24) is 15.3 Å². The smallest absolute Gasteiger partial charge is 0.271 e. The van der Waals surface area contributed by atoms with Crippen LogP contribution in [0, 0.1) is 11.3 Å². The molecule has 3 rings (SSSR count). The van der Waals surface area contributed by atoms with Crippen LogP contribution in [0.1, 0.15) is 21.6 Å². The first kappa shape index (κ1) is 18.9. The Kier molecular flexibility index (Phi) is 6.16. The molecule has 0 fully saturated rings. The van der Waals surface area contributed by atoms with E-state index in [0.717, 1.165) is 17.0 Å². The Morgan fingerprint density at radius 1 is 1.11 bits per heavy atom. The monoisotopic (exact) mass is 373 g/mol. The van der Waals surface area contributed by atoms with Crippen molar-refractivity contribution >= 4 is 17.4 Å². The van der Waals surface area contributed by atoms with Crippen molar-refractivity contribution in [1.29, 1.82) is 5.26 Å². The minimum Gasteiger partial charge on any atom is -0.496 e. The predicted octanol–water partition coefficient (Wildman–Crippen LogP) is 3.07. The largest absolute Gasteiger partial charge is 0.496 e. The van der Waals surface area contributed by atoms with E-state index in [0.29, 0.717) is 24.3 Å². The predicted molar refractivity (Wildman–Crippen MR) is 106 cm³/mol. The molecule has 0 saturated carbocycles. The highest BCUT2D eigenvalue weighted by Gasteiger charge is 2.09. The van der Waals surface area contributed by atoms with Crippen molar-refractivity contribution in [2.24, 2.45) is 0 Å². The number of para-hydroxylation sites is 1. The van der Waals surface area contributed by atoms with Crippen LogP contribution < -0.4 is 15.4 Å². The Balaban J connectivity index is 1.53. The quantitative estimate of drug-likeness (QED) is 0.660. The lowest BCUT2D eigenvalue weighted by atomic mass is 10.1. The van der Waals surface area contributed by atoms with Gasteiger partial charge in [-0.05, 0) is 42.3 Å². The maximum Gasteiger partial charge on any atom is 0.271 e. The van der Waals surface area contributed by atoms with Crippen molar-refractivity contribution in [2.45, 2.75) is 6.42 Å². The Labute approximate surface area is 163 Å². The molecule has 2 N–H and O–H groups in total. The third kappa shape index (κ3) is 4.83. The molecule has 0 spiro atoms. The van der Waals surface area contributed by atoms with Crippen LogP contribution in [0.15, 0.2) is 60.9 Å². The first-order valence-corrected chi connectivity index (χ1v) is 8.69. The van der Waals surface area contributed by atoms with Gasteiger partial charge in [0.25, 0.3) is 5.91 Å². The van der Waals surface area contributed by atoms with E-state index in [1.165, 1.54) is 12.4 Å². The van der Waals surface area contributed by atoms with Gasteiger partial charge >= 0.3 is 0 Å². The average molecular weight is 373 g/mol. The number of amides is 1. The number of nitriles is 1. The third-order valence-electron chi connectivity index (χ3n) is 4.04. The van der Waals surface area contributed by atoms with E-state index in [9.17, 15) is 4.79 Å². The summed E-state index contributed by atoms with van der Waals surface area (Å²) in [5, 5.41) is 14.7. The summed E-state index contributed by atoms with van der Waals surface area (Å²) in [5.74, 6) is 1.03. The summed E-state index contributed by atoms with van der Waals surface area (Å²) in [7, 11) is 1.63. The highest BCUT2D eigenvalue weighted by atomic mass is 16.5. The zero-order valence-corrected chi connectivity index (χ0v) is 15.3. The van der Waals surface area contributed by atoms with Crippen LogP contribution in [0.3, 0.4) is 0 Å². The zero-order chi connectivity index (χ0) is 19.8. The van der Waals surface area contributed by atoms with Gasteiger partial charge in [0.2, 0.25) is 0 Å². The molecule has 28 heavy (non-hydrogen) atoms. The van der Waals surface area contributed by atoms with Crippen LogP contribution in [0.2, 0.25) is 0 Å². The van der Waals surface area contributed by atoms with Crippen LogP contribution in [-0.2, 0) is 6.42 Å². The minimum atomic E-state index is -0.285. The molecule has 0 unspecified atom stereocenters. The lowest BCUT2D eigenvalue weighted by molar-refractivity contribution is 0.0948. The second kappa shape index (κ2) is 9.14. The number of methoxy groups -OCH3 is 1. The summed E-state index contributed by atoms with van der Waals surface area (Å²) >= 11 is 0. The number of benzene rings is 2. The number of carbonyl (C=O) groups excluding carboxylic acids is 1. The van der Waals surface area contributed by atoms with E-state index in [-0.39, 0.29) is 11.6 Å². The van der Waals surface area contributed by atoms with Crippen molar-refractivity contribution in [3.63, 3.8) is 0 Å². The second-order valence-electron chi connectivity index (χ2n) is 5.92. The maximum atomic E-state index is 12.2. The molecule has 0 saturated heterocycles. The molecule has 0 aliphatic heterocycles. The normalized spacial score (nSPS) is 10.0. The molecule has 2 aromatic carbocycles. The molecule has 0 bridgehead atoms. The Morgan fingerprint density at radius 2 is 1.89 bits per heavy atom. The molecule has 3 aromatic rings. The molecule has 140 valence electrons. The molecule has 7 nitrogen and oxygen atoms in total. The third-order valence-corrected chi connectivity index (χ3v) is 4.04. The first-order chi connectivity index (χ1) is 13.7. The van der Waals surface area contributed by atoms with Gasteiger partial charge in [-0.2, -0.15) is 5.26 Å².